The van der Waals surface area contributed by atoms with Crippen molar-refractivity contribution in [1.82, 2.24) is 5.32 Å². The minimum absolute atomic E-state index is 0.0725. The first-order valence-corrected chi connectivity index (χ1v) is 15.1. The quantitative estimate of drug-likeness (QED) is 0.173. The maximum absolute atomic E-state index is 14.4. The van der Waals surface area contributed by atoms with E-state index in [4.69, 9.17) is 24.3 Å². The van der Waals surface area contributed by atoms with Gasteiger partial charge in [-0.3, -0.25) is 4.79 Å². The van der Waals surface area contributed by atoms with Crippen LogP contribution in [0.4, 0.5) is 0 Å². The lowest BCUT2D eigenvalue weighted by Crippen LogP contribution is -2.50. The van der Waals surface area contributed by atoms with Crippen LogP contribution in [0.3, 0.4) is 0 Å². The number of ether oxygens (including phenoxy) is 3. The Kier molecular flexibility index (Phi) is 10.1. The summed E-state index contributed by atoms with van der Waals surface area (Å²) < 4.78 is 18.9. The largest absolute Gasteiger partial charge is 0.497 e. The van der Waals surface area contributed by atoms with Crippen molar-refractivity contribution in [1.29, 1.82) is 0 Å². The van der Waals surface area contributed by atoms with Crippen LogP contribution in [0.5, 0.6) is 11.5 Å². The number of aliphatic hydroxyl groups is 1. The van der Waals surface area contributed by atoms with Crippen LogP contribution in [0.2, 0.25) is 0 Å². The SMILES string of the molecule is COc1cccc([C@H]2OC(c3ccc(OCCCO)cc3)=N[C@@]2(Cc2ccccc2)C(=O)NCCc2ccc(Br)cc2)c1. The average Bonchev–Trinajstić information content (AvgIpc) is 3.43. The highest BCUT2D eigenvalue weighted by Crippen LogP contribution is 2.43. The Bertz CT molecular complexity index is 1530. The summed E-state index contributed by atoms with van der Waals surface area (Å²) in [5.41, 5.74) is 2.35. The van der Waals surface area contributed by atoms with E-state index in [9.17, 15) is 4.79 Å². The first-order chi connectivity index (χ1) is 21.0. The molecule has 1 heterocycles. The topological polar surface area (TPSA) is 89.4 Å². The highest BCUT2D eigenvalue weighted by molar-refractivity contribution is 9.10. The molecule has 7 nitrogen and oxygen atoms in total. The molecular formula is C35H35BrN2O5. The smallest absolute Gasteiger partial charge is 0.252 e. The van der Waals surface area contributed by atoms with Gasteiger partial charge >= 0.3 is 0 Å². The van der Waals surface area contributed by atoms with E-state index >= 15 is 0 Å². The predicted octanol–water partition coefficient (Wildman–Crippen LogP) is 6.08. The third-order valence-electron chi connectivity index (χ3n) is 7.36. The monoisotopic (exact) mass is 642 g/mol. The molecule has 0 saturated carbocycles. The molecule has 43 heavy (non-hydrogen) atoms. The van der Waals surface area contributed by atoms with Gasteiger partial charge in [0.2, 0.25) is 5.90 Å². The molecule has 8 heteroatoms. The summed E-state index contributed by atoms with van der Waals surface area (Å²) in [4.78, 5) is 19.5. The fraction of sp³-hybridized carbons (Fsp3) is 0.257. The van der Waals surface area contributed by atoms with Crippen molar-refractivity contribution in [3.05, 3.63) is 130 Å². The molecule has 0 unspecified atom stereocenters. The summed E-state index contributed by atoms with van der Waals surface area (Å²) >= 11 is 3.48. The number of benzene rings is 4. The van der Waals surface area contributed by atoms with Crippen LogP contribution in [0.1, 0.15) is 34.8 Å². The van der Waals surface area contributed by atoms with E-state index in [2.05, 4.69) is 21.2 Å². The van der Waals surface area contributed by atoms with Gasteiger partial charge in [0, 0.05) is 36.0 Å². The number of hydrogen-bond donors (Lipinski definition) is 2. The Morgan fingerprint density at radius 2 is 1.72 bits per heavy atom. The standard InChI is InChI=1S/C35H35BrN2O5/c1-41-31-10-5-9-28(23-31)32-35(24-26-7-3-2-4-8-26,34(40)37-20-19-25-11-15-29(36)16-12-25)38-33(43-32)27-13-17-30(18-14-27)42-22-6-21-39/h2-5,7-18,23,32,39H,6,19-22,24H2,1H3,(H,37,40)/t32-,35-/m1/s1. The van der Waals surface area contributed by atoms with Crippen LogP contribution < -0.4 is 14.8 Å². The Morgan fingerprint density at radius 3 is 2.44 bits per heavy atom. The van der Waals surface area contributed by atoms with Gasteiger partial charge < -0.3 is 24.6 Å². The number of amides is 1. The fourth-order valence-electron chi connectivity index (χ4n) is 5.12. The molecule has 1 amide bonds. The Morgan fingerprint density at radius 1 is 0.953 bits per heavy atom. The molecule has 1 aliphatic heterocycles. The number of carbonyl (C=O) groups excluding carboxylic acids is 1. The molecule has 0 saturated heterocycles. The Labute approximate surface area is 260 Å². The van der Waals surface area contributed by atoms with Gasteiger partial charge in [0.1, 0.15) is 11.5 Å². The summed E-state index contributed by atoms with van der Waals surface area (Å²) in [6.45, 7) is 0.946. The first kappa shape index (κ1) is 30.3. The van der Waals surface area contributed by atoms with E-state index in [1.807, 2.05) is 103 Å². The molecule has 0 aliphatic carbocycles. The number of aliphatic hydroxyl groups excluding tert-OH is 1. The molecule has 1 aliphatic rings. The van der Waals surface area contributed by atoms with Gasteiger partial charge in [-0.1, -0.05) is 70.5 Å². The van der Waals surface area contributed by atoms with Crippen molar-refractivity contribution >= 4 is 27.7 Å². The van der Waals surface area contributed by atoms with Crippen LogP contribution >= 0.6 is 15.9 Å². The van der Waals surface area contributed by atoms with Crippen molar-refractivity contribution in [2.75, 3.05) is 26.9 Å². The van der Waals surface area contributed by atoms with Gasteiger partial charge in [-0.15, -0.1) is 0 Å². The van der Waals surface area contributed by atoms with Crippen LogP contribution in [0.15, 0.2) is 113 Å². The number of methoxy groups -OCH3 is 1. The minimum atomic E-state index is -1.28. The highest BCUT2D eigenvalue weighted by atomic mass is 79.9. The molecule has 2 atom stereocenters. The molecule has 4 aromatic carbocycles. The summed E-state index contributed by atoms with van der Waals surface area (Å²) in [6, 6.07) is 33.0. The number of carbonyl (C=O) groups is 1. The zero-order valence-electron chi connectivity index (χ0n) is 24.0. The molecule has 5 rings (SSSR count). The number of hydrogen-bond acceptors (Lipinski definition) is 6. The Hall–Kier alpha value is -4.14. The van der Waals surface area contributed by atoms with Crippen LogP contribution in [-0.2, 0) is 22.4 Å². The lowest BCUT2D eigenvalue weighted by molar-refractivity contribution is -0.128. The molecule has 0 bridgehead atoms. The van der Waals surface area contributed by atoms with Gasteiger partial charge in [0.05, 0.1) is 13.7 Å². The number of nitrogens with zero attached hydrogens (tertiary/aromatic N) is 1. The molecule has 0 spiro atoms. The maximum Gasteiger partial charge on any atom is 0.252 e. The Balaban J connectivity index is 1.51. The number of aliphatic imine (C=N–C) groups is 1. The van der Waals surface area contributed by atoms with E-state index in [0.29, 0.717) is 49.8 Å². The average molecular weight is 644 g/mol. The van der Waals surface area contributed by atoms with E-state index in [0.717, 1.165) is 26.7 Å². The molecule has 2 N–H and O–H groups in total. The summed E-state index contributed by atoms with van der Waals surface area (Å²) in [5.74, 6) is 1.53. The van der Waals surface area contributed by atoms with Crippen LogP contribution in [0, 0.1) is 0 Å². The van der Waals surface area contributed by atoms with Crippen LogP contribution in [-0.4, -0.2) is 49.3 Å². The predicted molar refractivity (Wildman–Crippen MR) is 171 cm³/mol. The van der Waals surface area contributed by atoms with Gasteiger partial charge in [-0.2, -0.15) is 0 Å². The second kappa shape index (κ2) is 14.4. The summed E-state index contributed by atoms with van der Waals surface area (Å²) in [7, 11) is 1.62. The van der Waals surface area contributed by atoms with Crippen molar-refractivity contribution in [3.63, 3.8) is 0 Å². The van der Waals surface area contributed by atoms with E-state index < -0.39 is 11.6 Å². The van der Waals surface area contributed by atoms with Crippen molar-refractivity contribution in [3.8, 4) is 11.5 Å². The normalized spacial score (nSPS) is 17.6. The maximum atomic E-state index is 14.4. The van der Waals surface area contributed by atoms with Gasteiger partial charge in [0.25, 0.3) is 5.91 Å². The summed E-state index contributed by atoms with van der Waals surface area (Å²) in [5, 5.41) is 12.2. The number of rotatable bonds is 13. The van der Waals surface area contributed by atoms with Crippen molar-refractivity contribution in [2.45, 2.75) is 30.9 Å². The van der Waals surface area contributed by atoms with Gasteiger partial charge in [-0.25, -0.2) is 4.99 Å². The van der Waals surface area contributed by atoms with Gasteiger partial charge in [-0.05, 0) is 71.6 Å². The van der Waals surface area contributed by atoms with E-state index in [1.54, 1.807) is 7.11 Å². The molecule has 0 radical (unpaired) electrons. The van der Waals surface area contributed by atoms with E-state index in [-0.39, 0.29) is 12.5 Å². The molecule has 222 valence electrons. The molecule has 4 aromatic rings. The van der Waals surface area contributed by atoms with Crippen LogP contribution in [0.25, 0.3) is 0 Å². The lowest BCUT2D eigenvalue weighted by atomic mass is 9.82. The number of nitrogens with one attached hydrogen (secondary N) is 1. The third kappa shape index (κ3) is 7.45. The zero-order chi connectivity index (χ0) is 30.1. The lowest BCUT2D eigenvalue weighted by Gasteiger charge is -2.31. The van der Waals surface area contributed by atoms with Crippen molar-refractivity contribution < 1.29 is 24.1 Å². The number of halogens is 1. The summed E-state index contributed by atoms with van der Waals surface area (Å²) in [6.07, 6.45) is 0.870. The third-order valence-corrected chi connectivity index (χ3v) is 7.88. The van der Waals surface area contributed by atoms with Crippen molar-refractivity contribution in [2.24, 2.45) is 4.99 Å². The molecule has 0 fully saturated rings. The zero-order valence-corrected chi connectivity index (χ0v) is 25.6. The second-order valence-electron chi connectivity index (χ2n) is 10.4. The minimum Gasteiger partial charge on any atom is -0.497 e. The second-order valence-corrected chi connectivity index (χ2v) is 11.3. The first-order valence-electron chi connectivity index (χ1n) is 14.3. The molecule has 0 aromatic heterocycles. The molecular weight excluding hydrogens is 608 g/mol. The fourth-order valence-corrected chi connectivity index (χ4v) is 5.38. The van der Waals surface area contributed by atoms with E-state index in [1.165, 1.54) is 0 Å². The highest BCUT2D eigenvalue weighted by Gasteiger charge is 2.53. The van der Waals surface area contributed by atoms with Gasteiger partial charge in [0.15, 0.2) is 11.6 Å².